The molecule has 2 aliphatic rings. The zero-order valence-corrected chi connectivity index (χ0v) is 31.0. The standard InChI is InChI=1S/C36H34N12O4S2/c1-21-31(53-35(39-21)47-41-23(3)49)29(43-45-33(51)27-13-17-37-18-14-27)11-9-25-5-7-26(8-6-25)10-12-30(44-46-34(52)28-15-19-38-20-16-28)32-22(2)40-36(54-32)48-42-24(4)50/h5-20,43-44H,1-4H3,(H,41,49)(H,42,50)(H,45,51)(H,46,52)/b11-9+,12-10?,31-29-,32-30-,47-35?,48-36-. The second kappa shape index (κ2) is 18.7. The smallest absolute Gasteiger partial charge is 0.269 e. The van der Waals surface area contributed by atoms with Crippen LogP contribution in [0.25, 0.3) is 12.2 Å². The number of benzene rings is 1. The van der Waals surface area contributed by atoms with Crippen molar-refractivity contribution in [3.8, 4) is 0 Å². The number of hydrogen-bond donors (Lipinski definition) is 6. The van der Waals surface area contributed by atoms with Gasteiger partial charge in [0.05, 0.1) is 32.6 Å². The Kier molecular flexibility index (Phi) is 13.4. The molecular weight excluding hydrogens is 729 g/mol. The molecule has 16 nitrogen and oxygen atoms in total. The molecule has 0 aliphatic carbocycles. The summed E-state index contributed by atoms with van der Waals surface area (Å²) in [5.74, 6) is -1.37. The molecule has 0 radical (unpaired) electrons. The molecule has 5 rings (SSSR count). The number of rotatable bonds is 12. The van der Waals surface area contributed by atoms with Crippen LogP contribution >= 0.6 is 23.5 Å². The molecule has 0 bridgehead atoms. The Morgan fingerprint density at radius 2 is 0.944 bits per heavy atom. The van der Waals surface area contributed by atoms with Crippen LogP contribution in [0.3, 0.4) is 0 Å². The van der Waals surface area contributed by atoms with Gasteiger partial charge in [-0.1, -0.05) is 36.4 Å². The number of nitrogens with one attached hydrogen (secondary N) is 6. The highest BCUT2D eigenvalue weighted by Gasteiger charge is 2.22. The molecule has 0 saturated carbocycles. The summed E-state index contributed by atoms with van der Waals surface area (Å²) in [7, 11) is 0. The van der Waals surface area contributed by atoms with Crippen LogP contribution in [0.15, 0.2) is 127 Å². The van der Waals surface area contributed by atoms with Crippen molar-refractivity contribution in [1.29, 1.82) is 0 Å². The number of amidine groups is 2. The van der Waals surface area contributed by atoms with Crippen LogP contribution in [0.5, 0.6) is 0 Å². The van der Waals surface area contributed by atoms with Crippen molar-refractivity contribution in [3.05, 3.63) is 129 Å². The van der Waals surface area contributed by atoms with Gasteiger partial charge in [-0.25, -0.2) is 20.8 Å². The highest BCUT2D eigenvalue weighted by Crippen LogP contribution is 2.31. The van der Waals surface area contributed by atoms with Crippen molar-refractivity contribution >= 4 is 81.1 Å². The number of thioether (sulfide) groups is 2. The van der Waals surface area contributed by atoms with Crippen molar-refractivity contribution in [3.63, 3.8) is 0 Å². The first-order valence-corrected chi connectivity index (χ1v) is 17.7. The lowest BCUT2D eigenvalue weighted by Crippen LogP contribution is -2.37. The Hall–Kier alpha value is -6.66. The van der Waals surface area contributed by atoms with E-state index in [1.807, 2.05) is 36.4 Å². The largest absolute Gasteiger partial charge is 0.297 e. The van der Waals surface area contributed by atoms with Crippen LogP contribution < -0.4 is 32.6 Å². The third-order valence-corrected chi connectivity index (χ3v) is 9.17. The van der Waals surface area contributed by atoms with Crippen molar-refractivity contribution in [2.75, 3.05) is 0 Å². The number of pyridine rings is 2. The van der Waals surface area contributed by atoms with Gasteiger partial charge in [0.15, 0.2) is 0 Å². The summed E-state index contributed by atoms with van der Waals surface area (Å²) in [5.41, 5.74) is 21.1. The molecule has 0 spiro atoms. The lowest BCUT2D eigenvalue weighted by Gasteiger charge is -2.12. The van der Waals surface area contributed by atoms with Crippen molar-refractivity contribution < 1.29 is 19.2 Å². The summed E-state index contributed by atoms with van der Waals surface area (Å²) < 4.78 is 0. The van der Waals surface area contributed by atoms with Gasteiger partial charge < -0.3 is 0 Å². The van der Waals surface area contributed by atoms with E-state index < -0.39 is 0 Å². The van der Waals surface area contributed by atoms with Crippen LogP contribution in [-0.4, -0.2) is 55.4 Å². The number of aromatic nitrogens is 2. The highest BCUT2D eigenvalue weighted by molar-refractivity contribution is 8.18. The first-order valence-electron chi connectivity index (χ1n) is 16.1. The van der Waals surface area contributed by atoms with Crippen LogP contribution in [0.1, 0.15) is 59.5 Å². The van der Waals surface area contributed by atoms with Crippen molar-refractivity contribution in [2.45, 2.75) is 27.7 Å². The Morgan fingerprint density at radius 1 is 0.574 bits per heavy atom. The zero-order valence-electron chi connectivity index (χ0n) is 29.4. The van der Waals surface area contributed by atoms with E-state index in [4.69, 9.17) is 0 Å². The SMILES string of the molecule is CC(=O)NN=C1N=C(C)/C(=C(\C=C\c2ccc(C=C/C(NNC(=O)c3ccncc3)=C3/S/C(=N\NC(C)=O)N=C3C)cc2)NNC(=O)c2ccncc2)S1. The number of allylic oxidation sites excluding steroid dienone is 4. The fraction of sp³-hybridized carbons (Fsp3) is 0.111. The van der Waals surface area contributed by atoms with Gasteiger partial charge in [-0.3, -0.25) is 50.8 Å². The molecule has 2 aliphatic heterocycles. The van der Waals surface area contributed by atoms with Gasteiger partial charge in [0.2, 0.25) is 22.1 Å². The molecule has 1 aromatic carbocycles. The molecule has 0 unspecified atom stereocenters. The minimum Gasteiger partial charge on any atom is -0.297 e. The predicted octanol–water partition coefficient (Wildman–Crippen LogP) is 4.03. The second-order valence-corrected chi connectivity index (χ2v) is 13.1. The summed E-state index contributed by atoms with van der Waals surface area (Å²) in [6.45, 7) is 6.31. The van der Waals surface area contributed by atoms with Crippen molar-refractivity contribution in [2.24, 2.45) is 20.2 Å². The van der Waals surface area contributed by atoms with Gasteiger partial charge >= 0.3 is 0 Å². The molecule has 6 N–H and O–H groups in total. The summed E-state index contributed by atoms with van der Waals surface area (Å²) in [6, 6.07) is 14.1. The van der Waals surface area contributed by atoms with E-state index in [-0.39, 0.29) is 23.6 Å². The number of nitrogens with zero attached hydrogens (tertiary/aromatic N) is 6. The lowest BCUT2D eigenvalue weighted by atomic mass is 10.1. The Bertz CT molecular complexity index is 2020. The molecule has 2 aromatic heterocycles. The van der Waals surface area contributed by atoms with E-state index in [9.17, 15) is 19.2 Å². The Balaban J connectivity index is 1.35. The van der Waals surface area contributed by atoms with Gasteiger partial charge in [0.1, 0.15) is 0 Å². The molecule has 4 heterocycles. The van der Waals surface area contributed by atoms with Crippen LogP contribution in [0, 0.1) is 0 Å². The number of aliphatic imine (C=N–C) groups is 2. The van der Waals surface area contributed by atoms with Gasteiger partial charge in [0, 0.05) is 49.8 Å². The molecule has 3 aromatic rings. The highest BCUT2D eigenvalue weighted by atomic mass is 32.2. The summed E-state index contributed by atoms with van der Waals surface area (Å²) in [5, 5.41) is 8.76. The predicted molar refractivity (Wildman–Crippen MR) is 212 cm³/mol. The third-order valence-electron chi connectivity index (χ3n) is 7.01. The minimum absolute atomic E-state index is 0.324. The molecular formula is C36H34N12O4S2. The maximum atomic E-state index is 12.8. The van der Waals surface area contributed by atoms with Gasteiger partial charge in [-0.15, -0.1) is 10.2 Å². The number of hydrogen-bond acceptors (Lipinski definition) is 12. The first kappa shape index (κ1) is 38.6. The van der Waals surface area contributed by atoms with E-state index in [1.54, 1.807) is 50.3 Å². The molecule has 0 fully saturated rings. The fourth-order valence-electron chi connectivity index (χ4n) is 4.44. The number of carbonyl (C=O) groups excluding carboxylic acids is 4. The number of hydrazine groups is 2. The lowest BCUT2D eigenvalue weighted by molar-refractivity contribution is -0.119. The maximum Gasteiger partial charge on any atom is 0.269 e. The van der Waals surface area contributed by atoms with E-state index in [2.05, 4.69) is 62.7 Å². The molecule has 0 atom stereocenters. The van der Waals surface area contributed by atoms with Crippen LogP contribution in [-0.2, 0) is 9.59 Å². The normalized spacial score (nSPS) is 17.3. The fourth-order valence-corrected chi connectivity index (χ4v) is 6.20. The topological polar surface area (TPSA) is 216 Å². The van der Waals surface area contributed by atoms with E-state index >= 15 is 0 Å². The summed E-state index contributed by atoms with van der Waals surface area (Å²) in [4.78, 5) is 66.5. The number of carbonyl (C=O) groups is 4. The average molecular weight is 763 g/mol. The average Bonchev–Trinajstić information content (AvgIpc) is 3.74. The number of hydrazone groups is 2. The summed E-state index contributed by atoms with van der Waals surface area (Å²) in [6.07, 6.45) is 13.5. The molecule has 4 amide bonds. The van der Waals surface area contributed by atoms with Crippen LogP contribution in [0.2, 0.25) is 0 Å². The molecule has 274 valence electrons. The minimum atomic E-state index is -0.362. The second-order valence-electron chi connectivity index (χ2n) is 11.2. The molecule has 0 saturated heterocycles. The monoisotopic (exact) mass is 762 g/mol. The van der Waals surface area contributed by atoms with Crippen LogP contribution in [0.4, 0.5) is 0 Å². The molecule has 54 heavy (non-hydrogen) atoms. The first-order chi connectivity index (χ1) is 26.0. The quantitative estimate of drug-likeness (QED) is 0.146. The molecule has 18 heteroatoms. The summed E-state index contributed by atoms with van der Waals surface area (Å²) >= 11 is 2.47. The van der Waals surface area contributed by atoms with E-state index in [1.165, 1.54) is 62.2 Å². The van der Waals surface area contributed by atoms with Gasteiger partial charge in [0.25, 0.3) is 11.8 Å². The number of amides is 4. The van der Waals surface area contributed by atoms with E-state index in [0.29, 0.717) is 54.1 Å². The third kappa shape index (κ3) is 11.2. The Morgan fingerprint density at radius 3 is 1.30 bits per heavy atom. The Labute approximate surface area is 318 Å². The van der Waals surface area contributed by atoms with Crippen molar-refractivity contribution in [1.82, 2.24) is 42.5 Å². The van der Waals surface area contributed by atoms with E-state index in [0.717, 1.165) is 11.1 Å². The van der Waals surface area contributed by atoms with Gasteiger partial charge in [-0.2, -0.15) is 0 Å². The maximum absolute atomic E-state index is 12.8. The zero-order chi connectivity index (χ0) is 38.5. The van der Waals surface area contributed by atoms with Gasteiger partial charge in [-0.05, 0) is 84.9 Å².